The van der Waals surface area contributed by atoms with Gasteiger partial charge in [-0.1, -0.05) is 0 Å². The molecule has 0 bridgehead atoms. The van der Waals surface area contributed by atoms with Gasteiger partial charge in [0.15, 0.2) is 0 Å². The van der Waals surface area contributed by atoms with Gasteiger partial charge >= 0.3 is 0 Å². The Labute approximate surface area is 132 Å². The molecule has 0 amide bonds. The Morgan fingerprint density at radius 2 is 1.35 bits per heavy atom. The highest BCUT2D eigenvalue weighted by molar-refractivity contribution is 7.93. The average Bonchev–Trinajstić information content (AvgIpc) is 2.41. The second-order valence-corrected chi connectivity index (χ2v) is 8.05. The van der Waals surface area contributed by atoms with Crippen molar-refractivity contribution in [3.63, 3.8) is 0 Å². The summed E-state index contributed by atoms with van der Waals surface area (Å²) in [4.78, 5) is -0.256. The molecule has 10 heteroatoms. The summed E-state index contributed by atoms with van der Waals surface area (Å²) in [6.45, 7) is 0. The largest absolute Gasteiger partial charge is 0.282 e. The van der Waals surface area contributed by atoms with E-state index >= 15 is 0 Å². The van der Waals surface area contributed by atoms with Crippen LogP contribution < -0.4 is 9.44 Å². The molecule has 2 aromatic rings. The van der Waals surface area contributed by atoms with Gasteiger partial charge in [-0.25, -0.2) is 25.6 Å². The highest BCUT2D eigenvalue weighted by Crippen LogP contribution is 2.26. The molecule has 0 aliphatic rings. The van der Waals surface area contributed by atoms with E-state index in [1.165, 1.54) is 0 Å². The summed E-state index contributed by atoms with van der Waals surface area (Å²) in [6.07, 6.45) is 0.870. The number of anilines is 2. The third-order valence-electron chi connectivity index (χ3n) is 2.65. The van der Waals surface area contributed by atoms with Crippen molar-refractivity contribution in [2.24, 2.45) is 0 Å². The van der Waals surface area contributed by atoms with Crippen LogP contribution in [-0.4, -0.2) is 23.1 Å². The molecule has 2 N–H and O–H groups in total. The van der Waals surface area contributed by atoms with Gasteiger partial charge in [0.2, 0.25) is 10.0 Å². The predicted octanol–water partition coefficient (Wildman–Crippen LogP) is 2.14. The quantitative estimate of drug-likeness (QED) is 0.852. The summed E-state index contributed by atoms with van der Waals surface area (Å²) in [5.74, 6) is -1.38. The zero-order chi connectivity index (χ0) is 17.3. The summed E-state index contributed by atoms with van der Waals surface area (Å²) in [5.41, 5.74) is -0.431. The fraction of sp³-hybridized carbons (Fsp3) is 0.0769. The summed E-state index contributed by atoms with van der Waals surface area (Å²) >= 11 is 0. The third kappa shape index (κ3) is 4.63. The minimum atomic E-state index is -4.14. The molecule has 0 atom stereocenters. The normalized spacial score (nSPS) is 12.0. The minimum Gasteiger partial charge on any atom is -0.282 e. The minimum absolute atomic E-state index is 0.139. The number of nitrogens with one attached hydrogen (secondary N) is 2. The van der Waals surface area contributed by atoms with Crippen LogP contribution in [0.4, 0.5) is 20.2 Å². The molecule has 124 valence electrons. The van der Waals surface area contributed by atoms with E-state index in [1.54, 1.807) is 0 Å². The van der Waals surface area contributed by atoms with Crippen LogP contribution in [0.1, 0.15) is 0 Å². The van der Waals surface area contributed by atoms with Crippen molar-refractivity contribution in [2.45, 2.75) is 4.90 Å². The van der Waals surface area contributed by atoms with E-state index in [-0.39, 0.29) is 16.3 Å². The van der Waals surface area contributed by atoms with Crippen molar-refractivity contribution in [2.75, 3.05) is 15.7 Å². The Bertz CT molecular complexity index is 927. The van der Waals surface area contributed by atoms with E-state index < -0.39 is 31.7 Å². The van der Waals surface area contributed by atoms with Crippen LogP contribution in [-0.2, 0) is 20.0 Å². The van der Waals surface area contributed by atoms with Crippen molar-refractivity contribution in [1.29, 1.82) is 0 Å². The van der Waals surface area contributed by atoms with Gasteiger partial charge in [0, 0.05) is 6.07 Å². The first-order chi connectivity index (χ1) is 10.6. The molecular weight excluding hydrogens is 350 g/mol. The summed E-state index contributed by atoms with van der Waals surface area (Å²) in [6, 6.07) is 6.85. The first kappa shape index (κ1) is 17.2. The lowest BCUT2D eigenvalue weighted by molar-refractivity contribution is 0.598. The molecule has 0 fully saturated rings. The number of rotatable bonds is 5. The number of hydrogen-bond acceptors (Lipinski definition) is 4. The lowest BCUT2D eigenvalue weighted by Gasteiger charge is -2.13. The zero-order valence-electron chi connectivity index (χ0n) is 11.7. The molecule has 0 aliphatic carbocycles. The van der Waals surface area contributed by atoms with Gasteiger partial charge in [0.1, 0.15) is 11.6 Å². The van der Waals surface area contributed by atoms with E-state index in [0.717, 1.165) is 48.7 Å². The van der Waals surface area contributed by atoms with Gasteiger partial charge in [0.25, 0.3) is 10.0 Å². The van der Waals surface area contributed by atoms with Crippen LogP contribution in [0.25, 0.3) is 0 Å². The van der Waals surface area contributed by atoms with Crippen molar-refractivity contribution >= 4 is 31.4 Å². The first-order valence-corrected chi connectivity index (χ1v) is 9.50. The second kappa shape index (κ2) is 6.13. The topological polar surface area (TPSA) is 92.3 Å². The van der Waals surface area contributed by atoms with E-state index in [4.69, 9.17) is 0 Å². The fourth-order valence-electron chi connectivity index (χ4n) is 1.71. The molecule has 0 heterocycles. The Morgan fingerprint density at radius 3 is 1.91 bits per heavy atom. The van der Waals surface area contributed by atoms with Crippen molar-refractivity contribution < 1.29 is 25.6 Å². The number of sulfonamides is 2. The van der Waals surface area contributed by atoms with Gasteiger partial charge in [0.05, 0.1) is 22.5 Å². The van der Waals surface area contributed by atoms with Gasteiger partial charge in [-0.3, -0.25) is 9.44 Å². The molecule has 23 heavy (non-hydrogen) atoms. The van der Waals surface area contributed by atoms with Gasteiger partial charge in [-0.15, -0.1) is 0 Å². The Hall–Kier alpha value is -2.20. The molecule has 0 aromatic heterocycles. The summed E-state index contributed by atoms with van der Waals surface area (Å²) in [7, 11) is -7.84. The average molecular weight is 362 g/mol. The Morgan fingerprint density at radius 1 is 0.783 bits per heavy atom. The molecule has 0 saturated carbocycles. The molecule has 0 saturated heterocycles. The number of benzene rings is 2. The molecule has 0 aliphatic heterocycles. The van der Waals surface area contributed by atoms with E-state index in [9.17, 15) is 25.6 Å². The lowest BCUT2D eigenvalue weighted by Crippen LogP contribution is -2.16. The maximum atomic E-state index is 13.3. The molecule has 2 rings (SSSR count). The van der Waals surface area contributed by atoms with E-state index in [2.05, 4.69) is 9.44 Å². The molecule has 0 unspecified atom stereocenters. The van der Waals surface area contributed by atoms with Gasteiger partial charge < -0.3 is 0 Å². The smallest absolute Gasteiger partial charge is 0.261 e. The third-order valence-corrected chi connectivity index (χ3v) is 4.62. The maximum absolute atomic E-state index is 13.3. The molecule has 0 spiro atoms. The van der Waals surface area contributed by atoms with Crippen LogP contribution in [0.15, 0.2) is 47.4 Å². The Kier molecular flexibility index (Phi) is 4.57. The molecular formula is C13H12F2N2O4S2. The fourth-order valence-corrected chi connectivity index (χ4v) is 3.36. The van der Waals surface area contributed by atoms with Crippen LogP contribution >= 0.6 is 0 Å². The highest BCUT2D eigenvalue weighted by atomic mass is 32.2. The summed E-state index contributed by atoms with van der Waals surface area (Å²) in [5, 5.41) is 0. The number of hydrogen-bond donors (Lipinski definition) is 2. The molecule has 6 nitrogen and oxygen atoms in total. The van der Waals surface area contributed by atoms with Crippen LogP contribution in [0.5, 0.6) is 0 Å². The SMILES string of the molecule is CS(=O)(=O)Nc1ccc(F)cc1NS(=O)(=O)c1ccc(F)cc1. The van der Waals surface area contributed by atoms with Gasteiger partial charge in [-0.05, 0) is 36.4 Å². The second-order valence-electron chi connectivity index (χ2n) is 4.62. The maximum Gasteiger partial charge on any atom is 0.261 e. The number of halogens is 2. The first-order valence-electron chi connectivity index (χ1n) is 6.12. The van der Waals surface area contributed by atoms with Crippen molar-refractivity contribution in [3.05, 3.63) is 54.1 Å². The van der Waals surface area contributed by atoms with Crippen LogP contribution in [0, 0.1) is 11.6 Å². The van der Waals surface area contributed by atoms with Crippen molar-refractivity contribution in [3.8, 4) is 0 Å². The molecule has 2 aromatic carbocycles. The van der Waals surface area contributed by atoms with E-state index in [1.807, 2.05) is 0 Å². The highest BCUT2D eigenvalue weighted by Gasteiger charge is 2.18. The van der Waals surface area contributed by atoms with Crippen LogP contribution in [0.3, 0.4) is 0 Å². The monoisotopic (exact) mass is 362 g/mol. The Balaban J connectivity index is 2.42. The zero-order valence-corrected chi connectivity index (χ0v) is 13.4. The lowest BCUT2D eigenvalue weighted by atomic mass is 10.3. The van der Waals surface area contributed by atoms with Crippen LogP contribution in [0.2, 0.25) is 0 Å². The van der Waals surface area contributed by atoms with E-state index in [0.29, 0.717) is 0 Å². The van der Waals surface area contributed by atoms with Gasteiger partial charge in [-0.2, -0.15) is 0 Å². The standard InChI is InChI=1S/C13H12F2N2O4S2/c1-22(18,19)16-12-7-4-10(15)8-13(12)17-23(20,21)11-5-2-9(14)3-6-11/h2-8,16-17H,1H3. The van der Waals surface area contributed by atoms with Crippen molar-refractivity contribution in [1.82, 2.24) is 0 Å². The predicted molar refractivity (Wildman–Crippen MR) is 82.1 cm³/mol. The molecule has 0 radical (unpaired) electrons. The summed E-state index contributed by atoms with van der Waals surface area (Å²) < 4.78 is 77.4.